The number of hydrogen-bond acceptors (Lipinski definition) is 10. The highest BCUT2D eigenvalue weighted by Gasteiger charge is 2.27. The van der Waals surface area contributed by atoms with Crippen LogP contribution >= 0.6 is 11.3 Å². The van der Waals surface area contributed by atoms with E-state index in [4.69, 9.17) is 14.1 Å². The molecule has 5 heterocycles. The minimum absolute atomic E-state index is 0.0329. The molecule has 7 rings (SSSR count). The zero-order valence-electron chi connectivity index (χ0n) is 28.8. The summed E-state index contributed by atoms with van der Waals surface area (Å²) in [6.07, 6.45) is 6.14. The number of hydrogen-bond donors (Lipinski definition) is 1. The number of fused-ring (bicyclic) bond motifs is 2. The van der Waals surface area contributed by atoms with Crippen molar-refractivity contribution < 1.29 is 13.9 Å². The van der Waals surface area contributed by atoms with E-state index in [9.17, 15) is 9.59 Å². The molecule has 2 fully saturated rings. The Labute approximate surface area is 289 Å². The van der Waals surface area contributed by atoms with Crippen LogP contribution in [0.2, 0.25) is 0 Å². The van der Waals surface area contributed by atoms with Crippen LogP contribution < -0.4 is 15.6 Å². The highest BCUT2D eigenvalue weighted by molar-refractivity contribution is 7.17. The summed E-state index contributed by atoms with van der Waals surface area (Å²) in [5.41, 5.74) is 4.31. The molecule has 1 aromatic carbocycles. The second-order valence-electron chi connectivity index (χ2n) is 14.1. The zero-order chi connectivity index (χ0) is 34.4. The summed E-state index contributed by atoms with van der Waals surface area (Å²) < 4.78 is 15.1. The molecule has 1 saturated heterocycles. The molecule has 0 atom stereocenters. The highest BCUT2D eigenvalue weighted by Crippen LogP contribution is 2.37. The van der Waals surface area contributed by atoms with Gasteiger partial charge in [-0.05, 0) is 64.0 Å². The largest absolute Gasteiger partial charge is 0.474 e. The first kappa shape index (κ1) is 32.7. The van der Waals surface area contributed by atoms with E-state index in [1.807, 2.05) is 56.5 Å². The van der Waals surface area contributed by atoms with Crippen molar-refractivity contribution >= 4 is 56.1 Å². The van der Waals surface area contributed by atoms with Crippen molar-refractivity contribution in [3.05, 3.63) is 76.4 Å². The molecule has 0 radical (unpaired) electrons. The Kier molecular flexibility index (Phi) is 8.60. The van der Waals surface area contributed by atoms with Gasteiger partial charge in [-0.25, -0.2) is 4.98 Å². The maximum atomic E-state index is 13.2. The van der Waals surface area contributed by atoms with Gasteiger partial charge in [0.1, 0.15) is 21.6 Å². The number of nitrogens with one attached hydrogen (secondary N) is 1. The predicted octanol–water partition coefficient (Wildman–Crippen LogP) is 7.24. The Hall–Kier alpha value is -4.84. The number of rotatable bonds is 8. The number of carbonyl (C=O) groups excluding carboxylic acids is 1. The minimum Gasteiger partial charge on any atom is -0.474 e. The molecule has 1 aliphatic heterocycles. The third-order valence-electron chi connectivity index (χ3n) is 9.14. The van der Waals surface area contributed by atoms with E-state index >= 15 is 0 Å². The molecule has 256 valence electrons. The summed E-state index contributed by atoms with van der Waals surface area (Å²) in [6, 6.07) is 11.7. The Balaban J connectivity index is 1.10. The van der Waals surface area contributed by atoms with E-state index in [-0.39, 0.29) is 23.0 Å². The quantitative estimate of drug-likeness (QED) is 0.170. The Morgan fingerprint density at radius 2 is 1.80 bits per heavy atom. The third kappa shape index (κ3) is 6.61. The molecule has 2 aliphatic rings. The van der Waals surface area contributed by atoms with Crippen LogP contribution in [-0.2, 0) is 4.74 Å². The van der Waals surface area contributed by atoms with Crippen LogP contribution in [0.3, 0.4) is 0 Å². The number of amides is 1. The third-order valence-corrected chi connectivity index (χ3v) is 10.1. The van der Waals surface area contributed by atoms with Gasteiger partial charge in [-0.3, -0.25) is 9.59 Å². The molecular formula is C37H43N7O4S. The Bertz CT molecular complexity index is 2080. The maximum Gasteiger partial charge on any atom is 0.270 e. The molecule has 1 aliphatic carbocycles. The summed E-state index contributed by atoms with van der Waals surface area (Å²) in [5, 5.41) is 6.17. The summed E-state index contributed by atoms with van der Waals surface area (Å²) in [6.45, 7) is 13.0. The molecule has 5 aromatic rings. The van der Waals surface area contributed by atoms with Crippen molar-refractivity contribution in [2.45, 2.75) is 58.1 Å². The second kappa shape index (κ2) is 12.9. The molecule has 49 heavy (non-hydrogen) atoms. The van der Waals surface area contributed by atoms with E-state index in [0.29, 0.717) is 46.8 Å². The normalized spacial score (nSPS) is 15.7. The number of aromatic nitrogens is 3. The maximum absolute atomic E-state index is 13.2. The van der Waals surface area contributed by atoms with Crippen LogP contribution in [0.25, 0.3) is 32.4 Å². The van der Waals surface area contributed by atoms with Gasteiger partial charge in [0.15, 0.2) is 17.4 Å². The first-order valence-electron chi connectivity index (χ1n) is 16.9. The smallest absolute Gasteiger partial charge is 0.270 e. The topological polar surface area (TPSA) is 109 Å². The molecule has 4 aromatic heterocycles. The van der Waals surface area contributed by atoms with Gasteiger partial charge in [-0.1, -0.05) is 25.0 Å². The molecule has 12 heteroatoms. The van der Waals surface area contributed by atoms with Crippen LogP contribution in [0.15, 0.2) is 69.6 Å². The SMILES string of the molecule is C=C(OC(C)(C)C)N1CCN(c2cc(=O)c3scc(-c4ccc(Nc5ncc6cc(C(=O)N(C)C)n(C7CCCC7)c6n5)cc4)c3o2)CC1. The summed E-state index contributed by atoms with van der Waals surface area (Å²) >= 11 is 1.40. The van der Waals surface area contributed by atoms with Gasteiger partial charge in [0.2, 0.25) is 11.4 Å². The molecule has 11 nitrogen and oxygen atoms in total. The molecule has 1 amide bonds. The van der Waals surface area contributed by atoms with Crippen molar-refractivity contribution in [1.29, 1.82) is 0 Å². The highest BCUT2D eigenvalue weighted by atomic mass is 32.1. The fourth-order valence-electron chi connectivity index (χ4n) is 6.74. The van der Waals surface area contributed by atoms with Crippen molar-refractivity contribution in [3.63, 3.8) is 0 Å². The zero-order valence-corrected chi connectivity index (χ0v) is 29.6. The van der Waals surface area contributed by atoms with E-state index < -0.39 is 0 Å². The average Bonchev–Trinajstić information content (AvgIpc) is 3.83. The first-order chi connectivity index (χ1) is 23.4. The van der Waals surface area contributed by atoms with Crippen LogP contribution in [0, 0.1) is 0 Å². The lowest BCUT2D eigenvalue weighted by atomic mass is 10.1. The molecule has 0 bridgehead atoms. The molecule has 1 N–H and O–H groups in total. The number of ether oxygens (including phenoxy) is 1. The van der Waals surface area contributed by atoms with Gasteiger partial charge in [0.25, 0.3) is 5.91 Å². The van der Waals surface area contributed by atoms with Crippen molar-refractivity contribution in [3.8, 4) is 11.1 Å². The molecular weight excluding hydrogens is 639 g/mol. The Morgan fingerprint density at radius 1 is 1.08 bits per heavy atom. The second-order valence-corrected chi connectivity index (χ2v) is 14.9. The number of thiophene rings is 1. The van der Waals surface area contributed by atoms with Crippen LogP contribution in [0.5, 0.6) is 0 Å². The first-order valence-corrected chi connectivity index (χ1v) is 17.7. The van der Waals surface area contributed by atoms with Crippen molar-refractivity contribution in [2.24, 2.45) is 0 Å². The van der Waals surface area contributed by atoms with Gasteiger partial charge in [-0.2, -0.15) is 4.98 Å². The monoisotopic (exact) mass is 681 g/mol. The van der Waals surface area contributed by atoms with E-state index in [2.05, 4.69) is 31.2 Å². The number of anilines is 3. The lowest BCUT2D eigenvalue weighted by Gasteiger charge is -2.38. The predicted molar refractivity (Wildman–Crippen MR) is 196 cm³/mol. The van der Waals surface area contributed by atoms with E-state index in [1.165, 1.54) is 11.3 Å². The van der Waals surface area contributed by atoms with Crippen molar-refractivity contribution in [1.82, 2.24) is 24.3 Å². The lowest BCUT2D eigenvalue weighted by molar-refractivity contribution is 0.00151. The van der Waals surface area contributed by atoms with E-state index in [1.54, 1.807) is 31.3 Å². The number of benzene rings is 1. The lowest BCUT2D eigenvalue weighted by Crippen LogP contribution is -2.47. The van der Waals surface area contributed by atoms with Crippen LogP contribution in [0.1, 0.15) is 63.0 Å². The molecule has 1 saturated carbocycles. The Morgan fingerprint density at radius 3 is 2.47 bits per heavy atom. The van der Waals surface area contributed by atoms with Gasteiger partial charge < -0.3 is 33.7 Å². The van der Waals surface area contributed by atoms with Crippen molar-refractivity contribution in [2.75, 3.05) is 50.5 Å². The van der Waals surface area contributed by atoms with Crippen LogP contribution in [-0.4, -0.2) is 76.1 Å². The number of nitrogens with zero attached hydrogens (tertiary/aromatic N) is 6. The average molecular weight is 682 g/mol. The number of piperazine rings is 1. The molecule has 0 unspecified atom stereocenters. The van der Waals surface area contributed by atoms with Gasteiger partial charge >= 0.3 is 0 Å². The number of carbonyl (C=O) groups is 1. The van der Waals surface area contributed by atoms with Crippen LogP contribution in [0.4, 0.5) is 17.5 Å². The van der Waals surface area contributed by atoms with Gasteiger partial charge in [0, 0.05) is 80.6 Å². The van der Waals surface area contributed by atoms with Gasteiger partial charge in [0.05, 0.1) is 0 Å². The minimum atomic E-state index is -0.307. The van der Waals surface area contributed by atoms with E-state index in [0.717, 1.165) is 66.6 Å². The molecule has 0 spiro atoms. The summed E-state index contributed by atoms with van der Waals surface area (Å²) in [5.74, 6) is 1.67. The summed E-state index contributed by atoms with van der Waals surface area (Å²) in [4.78, 5) is 41.6. The standard InChI is InChI=1S/C37H43N7O4S/c1-23(48-37(2,3)4)42-15-17-43(18-16-42)31-20-30(45)33-32(47-31)28(22-49-33)24-11-13-26(14-12-24)39-36-38-21-25-19-29(35(46)41(5)6)44(34(25)40-36)27-9-7-8-10-27/h11-14,19-22,27H,1,7-10,15-18H2,2-6H3,(H,38,39,40). The summed E-state index contributed by atoms with van der Waals surface area (Å²) in [7, 11) is 3.55. The van der Waals surface area contributed by atoms with Gasteiger partial charge in [-0.15, -0.1) is 11.3 Å². The fraction of sp³-hybridized carbons (Fsp3) is 0.405. The fourth-order valence-corrected chi connectivity index (χ4v) is 7.65.